The topological polar surface area (TPSA) is 24.9 Å². The van der Waals surface area contributed by atoms with Crippen molar-refractivity contribution in [3.8, 4) is 0 Å². The first kappa shape index (κ1) is 9.04. The third-order valence-corrected chi connectivity index (χ3v) is 1.46. The minimum absolute atomic E-state index is 0.303. The van der Waals surface area contributed by atoms with Gasteiger partial charge in [-0.25, -0.2) is 4.98 Å². The molecule has 0 spiro atoms. The minimum atomic E-state index is 0.303. The molecule has 0 fully saturated rings. The average Bonchev–Trinajstić information content (AvgIpc) is 2.02. The molecule has 1 N–H and O–H groups in total. The first-order valence-electron chi connectivity index (χ1n) is 4.23. The van der Waals surface area contributed by atoms with E-state index in [9.17, 15) is 0 Å². The Hall–Kier alpha value is -1.05. The number of pyridine rings is 1. The lowest BCUT2D eigenvalue weighted by atomic mass is 9.97. The van der Waals surface area contributed by atoms with Gasteiger partial charge >= 0.3 is 0 Å². The molecule has 0 aliphatic carbocycles. The Balaban J connectivity index is 2.44. The van der Waals surface area contributed by atoms with E-state index in [4.69, 9.17) is 0 Å². The number of hydrogen-bond donors (Lipinski definition) is 1. The summed E-state index contributed by atoms with van der Waals surface area (Å²) in [5, 5.41) is 3.27. The van der Waals surface area contributed by atoms with Gasteiger partial charge in [0.05, 0.1) is 0 Å². The van der Waals surface area contributed by atoms with Crippen LogP contribution in [0.3, 0.4) is 0 Å². The average molecular weight is 164 g/mol. The predicted octanol–water partition coefficient (Wildman–Crippen LogP) is 2.54. The molecule has 0 amide bonds. The Morgan fingerprint density at radius 2 is 2.08 bits per heavy atom. The molecule has 2 heteroatoms. The molecule has 0 bridgehead atoms. The van der Waals surface area contributed by atoms with Crippen molar-refractivity contribution in [1.29, 1.82) is 0 Å². The van der Waals surface area contributed by atoms with Crippen molar-refractivity contribution in [3.05, 3.63) is 24.4 Å². The normalized spacial score (nSPS) is 11.2. The Morgan fingerprint density at radius 1 is 1.33 bits per heavy atom. The summed E-state index contributed by atoms with van der Waals surface area (Å²) in [6.07, 6.45) is 1.80. The van der Waals surface area contributed by atoms with E-state index in [2.05, 4.69) is 31.1 Å². The zero-order valence-electron chi connectivity index (χ0n) is 7.96. The largest absolute Gasteiger partial charge is 0.370 e. The third kappa shape index (κ3) is 3.37. The molecule has 12 heavy (non-hydrogen) atoms. The summed E-state index contributed by atoms with van der Waals surface area (Å²) in [7, 11) is 0. The van der Waals surface area contributed by atoms with Crippen LogP contribution in [0.25, 0.3) is 0 Å². The Labute approximate surface area is 74.0 Å². The highest BCUT2D eigenvalue weighted by atomic mass is 15.0. The van der Waals surface area contributed by atoms with E-state index < -0.39 is 0 Å². The van der Waals surface area contributed by atoms with Crippen LogP contribution in [0.2, 0.25) is 0 Å². The lowest BCUT2D eigenvalue weighted by Crippen LogP contribution is -2.19. The van der Waals surface area contributed by atoms with E-state index in [1.807, 2.05) is 18.2 Å². The van der Waals surface area contributed by atoms with Crippen LogP contribution in [0.1, 0.15) is 20.8 Å². The molecule has 0 saturated heterocycles. The highest BCUT2D eigenvalue weighted by Crippen LogP contribution is 2.13. The summed E-state index contributed by atoms with van der Waals surface area (Å²) in [4.78, 5) is 4.17. The molecule has 0 radical (unpaired) electrons. The summed E-state index contributed by atoms with van der Waals surface area (Å²) in [5.41, 5.74) is 0.303. The van der Waals surface area contributed by atoms with E-state index in [1.165, 1.54) is 0 Å². The zero-order chi connectivity index (χ0) is 9.03. The van der Waals surface area contributed by atoms with Gasteiger partial charge in [-0.3, -0.25) is 0 Å². The van der Waals surface area contributed by atoms with Crippen LogP contribution in [0.15, 0.2) is 24.4 Å². The highest BCUT2D eigenvalue weighted by Gasteiger charge is 2.08. The van der Waals surface area contributed by atoms with E-state index in [-0.39, 0.29) is 0 Å². The van der Waals surface area contributed by atoms with Crippen molar-refractivity contribution in [3.63, 3.8) is 0 Å². The SMILES string of the molecule is CC(C)(C)CNc1ccccn1. The van der Waals surface area contributed by atoms with Gasteiger partial charge in [-0.05, 0) is 17.5 Å². The van der Waals surface area contributed by atoms with Crippen molar-refractivity contribution in [2.75, 3.05) is 11.9 Å². The fraction of sp³-hybridized carbons (Fsp3) is 0.500. The first-order chi connectivity index (χ1) is 5.58. The van der Waals surface area contributed by atoms with Crippen LogP contribution in [0.5, 0.6) is 0 Å². The summed E-state index contributed by atoms with van der Waals surface area (Å²) < 4.78 is 0. The molecule has 1 heterocycles. The fourth-order valence-corrected chi connectivity index (χ4v) is 0.823. The summed E-state index contributed by atoms with van der Waals surface area (Å²) in [5.74, 6) is 0.951. The van der Waals surface area contributed by atoms with Crippen LogP contribution < -0.4 is 5.32 Å². The maximum atomic E-state index is 4.17. The summed E-state index contributed by atoms with van der Waals surface area (Å²) in [6.45, 7) is 7.54. The van der Waals surface area contributed by atoms with E-state index in [1.54, 1.807) is 6.20 Å². The van der Waals surface area contributed by atoms with Gasteiger partial charge in [-0.15, -0.1) is 0 Å². The molecule has 0 unspecified atom stereocenters. The van der Waals surface area contributed by atoms with Gasteiger partial charge in [0.1, 0.15) is 5.82 Å². The van der Waals surface area contributed by atoms with Gasteiger partial charge in [0.25, 0.3) is 0 Å². The molecular formula is C10H16N2. The van der Waals surface area contributed by atoms with Gasteiger partial charge in [0.2, 0.25) is 0 Å². The lowest BCUT2D eigenvalue weighted by molar-refractivity contribution is 0.442. The molecule has 0 aliphatic heterocycles. The van der Waals surface area contributed by atoms with Gasteiger partial charge in [-0.2, -0.15) is 0 Å². The number of anilines is 1. The second kappa shape index (κ2) is 3.57. The van der Waals surface area contributed by atoms with E-state index in [0.717, 1.165) is 12.4 Å². The molecule has 2 nitrogen and oxygen atoms in total. The highest BCUT2D eigenvalue weighted by molar-refractivity contribution is 5.33. The summed E-state index contributed by atoms with van der Waals surface area (Å²) in [6, 6.07) is 5.88. The first-order valence-corrected chi connectivity index (χ1v) is 4.23. The molecular weight excluding hydrogens is 148 g/mol. The minimum Gasteiger partial charge on any atom is -0.370 e. The maximum absolute atomic E-state index is 4.17. The molecule has 1 rings (SSSR count). The Bertz CT molecular complexity index is 223. The molecule has 1 aromatic rings. The quantitative estimate of drug-likeness (QED) is 0.726. The Kier molecular flexibility index (Phi) is 2.69. The fourth-order valence-electron chi connectivity index (χ4n) is 0.823. The zero-order valence-corrected chi connectivity index (χ0v) is 7.96. The van der Waals surface area contributed by atoms with Crippen LogP contribution in [0.4, 0.5) is 5.82 Å². The molecule has 0 aromatic carbocycles. The summed E-state index contributed by atoms with van der Waals surface area (Å²) >= 11 is 0. The molecule has 0 atom stereocenters. The van der Waals surface area contributed by atoms with Gasteiger partial charge < -0.3 is 5.32 Å². The van der Waals surface area contributed by atoms with Crippen LogP contribution in [0, 0.1) is 5.41 Å². The molecule has 0 saturated carbocycles. The van der Waals surface area contributed by atoms with Gasteiger partial charge in [0, 0.05) is 12.7 Å². The number of aromatic nitrogens is 1. The van der Waals surface area contributed by atoms with Crippen molar-refractivity contribution >= 4 is 5.82 Å². The Morgan fingerprint density at radius 3 is 2.58 bits per heavy atom. The lowest BCUT2D eigenvalue weighted by Gasteiger charge is -2.18. The van der Waals surface area contributed by atoms with Crippen molar-refractivity contribution in [1.82, 2.24) is 4.98 Å². The van der Waals surface area contributed by atoms with E-state index >= 15 is 0 Å². The van der Waals surface area contributed by atoms with Crippen LogP contribution in [-0.4, -0.2) is 11.5 Å². The third-order valence-electron chi connectivity index (χ3n) is 1.46. The van der Waals surface area contributed by atoms with Crippen molar-refractivity contribution < 1.29 is 0 Å². The molecule has 66 valence electrons. The second-order valence-corrected chi connectivity index (χ2v) is 4.13. The van der Waals surface area contributed by atoms with E-state index in [0.29, 0.717) is 5.41 Å². The van der Waals surface area contributed by atoms with Gasteiger partial charge in [-0.1, -0.05) is 26.8 Å². The van der Waals surface area contributed by atoms with Crippen LogP contribution >= 0.6 is 0 Å². The molecule has 0 aliphatic rings. The maximum Gasteiger partial charge on any atom is 0.125 e. The predicted molar refractivity (Wildman–Crippen MR) is 52.2 cm³/mol. The van der Waals surface area contributed by atoms with Crippen LogP contribution in [-0.2, 0) is 0 Å². The number of rotatable bonds is 2. The smallest absolute Gasteiger partial charge is 0.125 e. The standard InChI is InChI=1S/C10H16N2/c1-10(2,3)8-12-9-6-4-5-7-11-9/h4-7H,8H2,1-3H3,(H,11,12). The monoisotopic (exact) mass is 164 g/mol. The van der Waals surface area contributed by atoms with Gasteiger partial charge in [0.15, 0.2) is 0 Å². The number of hydrogen-bond acceptors (Lipinski definition) is 2. The van der Waals surface area contributed by atoms with Crippen molar-refractivity contribution in [2.24, 2.45) is 5.41 Å². The second-order valence-electron chi connectivity index (χ2n) is 4.13. The number of nitrogens with zero attached hydrogens (tertiary/aromatic N) is 1. The number of nitrogens with one attached hydrogen (secondary N) is 1. The molecule has 1 aromatic heterocycles. The van der Waals surface area contributed by atoms with Crippen molar-refractivity contribution in [2.45, 2.75) is 20.8 Å².